The first kappa shape index (κ1) is 19.4. The number of carbonyl (C=O) groups is 1. The highest BCUT2D eigenvalue weighted by molar-refractivity contribution is 7.17. The first-order valence-electron chi connectivity index (χ1n) is 10.9. The number of aromatic nitrogens is 1. The lowest BCUT2D eigenvalue weighted by Crippen LogP contribution is -2.52. The smallest absolute Gasteiger partial charge is 0.227 e. The fraction of sp³-hybridized carbons (Fsp3) is 0.417. The van der Waals surface area contributed by atoms with Gasteiger partial charge in [0.2, 0.25) is 5.91 Å². The molecule has 2 saturated heterocycles. The van der Waals surface area contributed by atoms with Gasteiger partial charge in [0.1, 0.15) is 5.82 Å². The van der Waals surface area contributed by atoms with Crippen molar-refractivity contribution in [2.24, 2.45) is 5.92 Å². The minimum Gasteiger partial charge on any atom is -0.368 e. The van der Waals surface area contributed by atoms with Gasteiger partial charge in [0.25, 0.3) is 0 Å². The average molecular weight is 421 g/mol. The van der Waals surface area contributed by atoms with Gasteiger partial charge in [0.05, 0.1) is 5.92 Å². The Morgan fingerprint density at radius 3 is 2.60 bits per heavy atom. The van der Waals surface area contributed by atoms with Gasteiger partial charge in [0.15, 0.2) is 0 Å². The van der Waals surface area contributed by atoms with Crippen LogP contribution in [-0.4, -0.2) is 55.1 Å². The van der Waals surface area contributed by atoms with Crippen molar-refractivity contribution < 1.29 is 4.79 Å². The number of hydrogen-bond donors (Lipinski definition) is 0. The average Bonchev–Trinajstić information content (AvgIpc) is 3.28. The summed E-state index contributed by atoms with van der Waals surface area (Å²) in [6.45, 7) is 7.29. The van der Waals surface area contributed by atoms with Gasteiger partial charge in [0, 0.05) is 61.2 Å². The Labute approximate surface area is 181 Å². The Hall–Kier alpha value is -2.60. The Kier molecular flexibility index (Phi) is 5.34. The van der Waals surface area contributed by atoms with Gasteiger partial charge < -0.3 is 14.7 Å². The highest BCUT2D eigenvalue weighted by Gasteiger charge is 2.32. The Balaban J connectivity index is 1.23. The first-order valence-corrected chi connectivity index (χ1v) is 11.7. The molecular weight excluding hydrogens is 392 g/mol. The Morgan fingerprint density at radius 2 is 1.80 bits per heavy atom. The second kappa shape index (κ2) is 8.26. The van der Waals surface area contributed by atoms with Gasteiger partial charge in [-0.1, -0.05) is 17.7 Å². The number of nitrogens with zero attached hydrogens (tertiary/aromatic N) is 4. The number of hydrogen-bond acceptors (Lipinski definition) is 5. The lowest BCUT2D eigenvalue weighted by atomic mass is 9.96. The molecule has 1 atom stereocenters. The molecule has 5 rings (SSSR count). The maximum absolute atomic E-state index is 13.3. The maximum Gasteiger partial charge on any atom is 0.227 e. The largest absolute Gasteiger partial charge is 0.368 e. The van der Waals surface area contributed by atoms with Crippen molar-refractivity contribution >= 4 is 38.8 Å². The number of pyridine rings is 1. The van der Waals surface area contributed by atoms with E-state index < -0.39 is 0 Å². The predicted octanol–water partition coefficient (Wildman–Crippen LogP) is 4.17. The molecule has 0 N–H and O–H groups in total. The SMILES string of the molecule is Cc1ccc(N2CCN(C(=O)[C@H]3CCCN(c4nccc5sccc45)C3)CC2)cc1. The molecule has 2 fully saturated rings. The third-order valence-corrected chi connectivity index (χ3v) is 7.30. The van der Waals surface area contributed by atoms with Crippen molar-refractivity contribution in [1.29, 1.82) is 0 Å². The van der Waals surface area contributed by atoms with Crippen molar-refractivity contribution in [2.45, 2.75) is 19.8 Å². The summed E-state index contributed by atoms with van der Waals surface area (Å²) in [5.74, 6) is 1.43. The van der Waals surface area contributed by atoms with Crippen LogP contribution in [0.1, 0.15) is 18.4 Å². The van der Waals surface area contributed by atoms with Gasteiger partial charge in [-0.3, -0.25) is 4.79 Å². The lowest BCUT2D eigenvalue weighted by molar-refractivity contribution is -0.136. The minimum absolute atomic E-state index is 0.0698. The van der Waals surface area contributed by atoms with Crippen LogP contribution in [0.5, 0.6) is 0 Å². The molecule has 2 aromatic heterocycles. The van der Waals surface area contributed by atoms with Crippen LogP contribution in [0, 0.1) is 12.8 Å². The monoisotopic (exact) mass is 420 g/mol. The molecule has 1 amide bonds. The van der Waals surface area contributed by atoms with Crippen LogP contribution in [-0.2, 0) is 4.79 Å². The number of carbonyl (C=O) groups excluding carboxylic acids is 1. The molecule has 2 aliphatic heterocycles. The van der Waals surface area contributed by atoms with E-state index in [0.29, 0.717) is 5.91 Å². The summed E-state index contributed by atoms with van der Waals surface area (Å²) in [5, 5.41) is 3.33. The zero-order chi connectivity index (χ0) is 20.5. The lowest BCUT2D eigenvalue weighted by Gasteiger charge is -2.40. The second-order valence-corrected chi connectivity index (χ2v) is 9.35. The number of rotatable bonds is 3. The summed E-state index contributed by atoms with van der Waals surface area (Å²) in [6.07, 6.45) is 3.92. The molecular formula is C24H28N4OS. The number of anilines is 2. The number of aryl methyl sites for hydroxylation is 1. The normalized spacial score (nSPS) is 20.0. The van der Waals surface area contributed by atoms with Crippen molar-refractivity contribution in [2.75, 3.05) is 49.1 Å². The van der Waals surface area contributed by atoms with E-state index in [1.165, 1.54) is 21.3 Å². The molecule has 5 nitrogen and oxygen atoms in total. The molecule has 1 aromatic carbocycles. The molecule has 0 aliphatic carbocycles. The zero-order valence-corrected chi connectivity index (χ0v) is 18.3. The molecule has 156 valence electrons. The van der Waals surface area contributed by atoms with Crippen molar-refractivity contribution in [1.82, 2.24) is 9.88 Å². The van der Waals surface area contributed by atoms with E-state index in [9.17, 15) is 4.79 Å². The van der Waals surface area contributed by atoms with Crippen molar-refractivity contribution in [3.05, 3.63) is 53.5 Å². The number of thiophene rings is 1. The summed E-state index contributed by atoms with van der Waals surface area (Å²) >= 11 is 1.75. The Bertz CT molecular complexity index is 1020. The van der Waals surface area contributed by atoms with E-state index in [1.54, 1.807) is 11.3 Å². The summed E-state index contributed by atoms with van der Waals surface area (Å²) in [4.78, 5) is 24.7. The molecule has 0 saturated carbocycles. The molecule has 30 heavy (non-hydrogen) atoms. The van der Waals surface area contributed by atoms with Gasteiger partial charge in [-0.2, -0.15) is 0 Å². The predicted molar refractivity (Wildman–Crippen MR) is 125 cm³/mol. The third-order valence-electron chi connectivity index (χ3n) is 6.42. The Morgan fingerprint density at radius 1 is 1.00 bits per heavy atom. The molecule has 2 aliphatic rings. The molecule has 0 radical (unpaired) electrons. The third kappa shape index (κ3) is 3.76. The van der Waals surface area contributed by atoms with Crippen molar-refractivity contribution in [3.8, 4) is 0 Å². The first-order chi connectivity index (χ1) is 14.7. The molecule has 4 heterocycles. The number of benzene rings is 1. The van der Waals surface area contributed by atoms with E-state index in [2.05, 4.69) is 68.4 Å². The van der Waals surface area contributed by atoms with Crippen LogP contribution in [0.25, 0.3) is 10.1 Å². The summed E-state index contributed by atoms with van der Waals surface area (Å²) < 4.78 is 1.26. The zero-order valence-electron chi connectivity index (χ0n) is 17.5. The molecule has 0 spiro atoms. The van der Waals surface area contributed by atoms with Crippen molar-refractivity contribution in [3.63, 3.8) is 0 Å². The van der Waals surface area contributed by atoms with Crippen LogP contribution in [0.2, 0.25) is 0 Å². The standard InChI is InChI=1S/C24H28N4OS/c1-18-4-6-20(7-5-18)26-12-14-27(15-13-26)24(29)19-3-2-11-28(17-19)23-21-9-16-30-22(21)8-10-25-23/h4-10,16,19H,2-3,11-15,17H2,1H3/t19-/m0/s1. The summed E-state index contributed by atoms with van der Waals surface area (Å²) in [7, 11) is 0. The second-order valence-electron chi connectivity index (χ2n) is 8.40. The van der Waals surface area contributed by atoms with E-state index in [0.717, 1.165) is 57.9 Å². The maximum atomic E-state index is 13.3. The van der Waals surface area contributed by atoms with Gasteiger partial charge in [-0.15, -0.1) is 11.3 Å². The molecule has 0 bridgehead atoms. The quantitative estimate of drug-likeness (QED) is 0.638. The number of amides is 1. The van der Waals surface area contributed by atoms with Crippen LogP contribution in [0.4, 0.5) is 11.5 Å². The van der Waals surface area contributed by atoms with Crippen LogP contribution in [0.15, 0.2) is 48.0 Å². The molecule has 3 aromatic rings. The van der Waals surface area contributed by atoms with Crippen LogP contribution in [0.3, 0.4) is 0 Å². The fourth-order valence-corrected chi connectivity index (χ4v) is 5.48. The highest BCUT2D eigenvalue weighted by Crippen LogP contribution is 2.31. The fourth-order valence-electron chi connectivity index (χ4n) is 4.70. The summed E-state index contributed by atoms with van der Waals surface area (Å²) in [5.41, 5.74) is 2.54. The van der Waals surface area contributed by atoms with E-state index in [4.69, 9.17) is 0 Å². The number of piperazine rings is 1. The van der Waals surface area contributed by atoms with Crippen LogP contribution < -0.4 is 9.80 Å². The number of fused-ring (bicyclic) bond motifs is 1. The number of piperidine rings is 1. The molecule has 0 unspecified atom stereocenters. The van der Waals surface area contributed by atoms with Gasteiger partial charge in [-0.25, -0.2) is 4.98 Å². The van der Waals surface area contributed by atoms with E-state index >= 15 is 0 Å². The highest BCUT2D eigenvalue weighted by atomic mass is 32.1. The van der Waals surface area contributed by atoms with Gasteiger partial charge in [-0.05, 0) is 49.4 Å². The van der Waals surface area contributed by atoms with E-state index in [-0.39, 0.29) is 5.92 Å². The van der Waals surface area contributed by atoms with Crippen LogP contribution >= 0.6 is 11.3 Å². The topological polar surface area (TPSA) is 39.7 Å². The summed E-state index contributed by atoms with van der Waals surface area (Å²) in [6, 6.07) is 12.9. The van der Waals surface area contributed by atoms with E-state index in [1.807, 2.05) is 6.20 Å². The molecule has 6 heteroatoms. The van der Waals surface area contributed by atoms with Gasteiger partial charge >= 0.3 is 0 Å². The minimum atomic E-state index is 0.0698.